The predicted molar refractivity (Wildman–Crippen MR) is 61.3 cm³/mol. The van der Waals surface area contributed by atoms with Crippen molar-refractivity contribution in [3.8, 4) is 5.75 Å². The Morgan fingerprint density at radius 3 is 2.94 bits per heavy atom. The first-order chi connectivity index (χ1) is 7.92. The summed E-state index contributed by atoms with van der Waals surface area (Å²) in [4.78, 5) is 8.94. The van der Waals surface area contributed by atoms with Crippen molar-refractivity contribution in [3.63, 3.8) is 0 Å². The van der Waals surface area contributed by atoms with E-state index in [4.69, 9.17) is 9.57 Å². The number of hydrogen-bond donors (Lipinski definition) is 1. The van der Waals surface area contributed by atoms with Gasteiger partial charge in [-0.25, -0.2) is 0 Å². The molecule has 1 fully saturated rings. The molecule has 0 radical (unpaired) electrons. The first-order valence-electron chi connectivity index (χ1n) is 5.50. The lowest BCUT2D eigenvalue weighted by molar-refractivity contribution is -0.118. The summed E-state index contributed by atoms with van der Waals surface area (Å²) in [7, 11) is 0. The molecule has 2 heterocycles. The molecule has 1 N–H and O–H groups in total. The second-order valence-corrected chi connectivity index (χ2v) is 3.86. The molecule has 4 heteroatoms. The Labute approximate surface area is 93.7 Å². The van der Waals surface area contributed by atoms with Crippen molar-refractivity contribution >= 4 is 10.9 Å². The van der Waals surface area contributed by atoms with Crippen molar-refractivity contribution < 1.29 is 9.57 Å². The van der Waals surface area contributed by atoms with Gasteiger partial charge >= 0.3 is 0 Å². The SMILES string of the molecule is c1cc2ccc(ON3CCOCC3)cc2[nH]1. The van der Waals surface area contributed by atoms with Crippen LogP contribution in [-0.4, -0.2) is 36.4 Å². The normalized spacial score (nSPS) is 17.8. The van der Waals surface area contributed by atoms with E-state index in [0.29, 0.717) is 0 Å². The number of aromatic amines is 1. The molecule has 0 unspecified atom stereocenters. The number of morpholine rings is 1. The number of nitrogens with one attached hydrogen (secondary N) is 1. The van der Waals surface area contributed by atoms with E-state index in [1.54, 1.807) is 0 Å². The van der Waals surface area contributed by atoms with Gasteiger partial charge in [-0.1, -0.05) is 0 Å². The topological polar surface area (TPSA) is 37.5 Å². The van der Waals surface area contributed by atoms with Crippen LogP contribution in [-0.2, 0) is 4.74 Å². The number of rotatable bonds is 2. The number of nitrogens with zero attached hydrogens (tertiary/aromatic N) is 1. The minimum absolute atomic E-state index is 0.741. The highest BCUT2D eigenvalue weighted by Crippen LogP contribution is 2.20. The van der Waals surface area contributed by atoms with Crippen molar-refractivity contribution in [2.75, 3.05) is 26.3 Å². The monoisotopic (exact) mass is 218 g/mol. The number of hydrogen-bond acceptors (Lipinski definition) is 3. The molecule has 1 aliphatic rings. The number of hydroxylamine groups is 2. The summed E-state index contributed by atoms with van der Waals surface area (Å²) in [6.07, 6.45) is 1.93. The van der Waals surface area contributed by atoms with Gasteiger partial charge in [0.15, 0.2) is 0 Å². The van der Waals surface area contributed by atoms with E-state index in [9.17, 15) is 0 Å². The number of aromatic nitrogens is 1. The van der Waals surface area contributed by atoms with Crippen molar-refractivity contribution in [2.45, 2.75) is 0 Å². The molecule has 0 atom stereocenters. The summed E-state index contributed by atoms with van der Waals surface area (Å²) in [6.45, 7) is 3.13. The molecule has 1 aromatic heterocycles. The fourth-order valence-corrected chi connectivity index (χ4v) is 1.87. The third-order valence-corrected chi connectivity index (χ3v) is 2.73. The van der Waals surface area contributed by atoms with Gasteiger partial charge in [-0.15, -0.1) is 5.06 Å². The highest BCUT2D eigenvalue weighted by atomic mass is 16.7. The van der Waals surface area contributed by atoms with Crippen LogP contribution in [0, 0.1) is 0 Å². The zero-order valence-electron chi connectivity index (χ0n) is 8.98. The summed E-state index contributed by atoms with van der Waals surface area (Å²) in [5.74, 6) is 0.872. The van der Waals surface area contributed by atoms with Crippen molar-refractivity contribution in [1.29, 1.82) is 0 Å². The Morgan fingerprint density at radius 1 is 1.19 bits per heavy atom. The van der Waals surface area contributed by atoms with Crippen LogP contribution in [0.1, 0.15) is 0 Å². The van der Waals surface area contributed by atoms with Gasteiger partial charge in [0, 0.05) is 17.8 Å². The number of H-pyrrole nitrogens is 1. The van der Waals surface area contributed by atoms with E-state index in [1.807, 2.05) is 29.5 Å². The molecule has 1 aliphatic heterocycles. The lowest BCUT2D eigenvalue weighted by Gasteiger charge is -2.26. The Balaban J connectivity index is 1.77. The third-order valence-electron chi connectivity index (χ3n) is 2.73. The van der Waals surface area contributed by atoms with E-state index >= 15 is 0 Å². The first kappa shape index (κ1) is 9.69. The molecular formula is C12H14N2O2. The molecule has 16 heavy (non-hydrogen) atoms. The predicted octanol–water partition coefficient (Wildman–Crippen LogP) is 1.79. The van der Waals surface area contributed by atoms with Crippen LogP contribution in [0.5, 0.6) is 5.75 Å². The maximum Gasteiger partial charge on any atom is 0.149 e. The van der Waals surface area contributed by atoms with Crippen LogP contribution in [0.2, 0.25) is 0 Å². The second kappa shape index (κ2) is 4.15. The van der Waals surface area contributed by atoms with E-state index in [-0.39, 0.29) is 0 Å². The Hall–Kier alpha value is -1.52. The highest BCUT2D eigenvalue weighted by Gasteiger charge is 2.12. The minimum Gasteiger partial charge on any atom is -0.406 e. The van der Waals surface area contributed by atoms with Gasteiger partial charge in [0.25, 0.3) is 0 Å². The Morgan fingerprint density at radius 2 is 2.06 bits per heavy atom. The van der Waals surface area contributed by atoms with Gasteiger partial charge in [0.1, 0.15) is 5.75 Å². The summed E-state index contributed by atoms with van der Waals surface area (Å²) in [5, 5.41) is 3.14. The Bertz CT molecular complexity index is 475. The summed E-state index contributed by atoms with van der Waals surface area (Å²) in [6, 6.07) is 8.12. The zero-order chi connectivity index (χ0) is 10.8. The molecule has 0 saturated carbocycles. The van der Waals surface area contributed by atoms with Crippen molar-refractivity contribution in [3.05, 3.63) is 30.5 Å². The fourth-order valence-electron chi connectivity index (χ4n) is 1.87. The van der Waals surface area contributed by atoms with Crippen LogP contribution in [0.3, 0.4) is 0 Å². The van der Waals surface area contributed by atoms with Gasteiger partial charge in [-0.2, -0.15) is 0 Å². The lowest BCUT2D eigenvalue weighted by Crippen LogP contribution is -2.38. The van der Waals surface area contributed by atoms with Gasteiger partial charge in [-0.05, 0) is 23.6 Å². The van der Waals surface area contributed by atoms with Crippen molar-refractivity contribution in [1.82, 2.24) is 10.0 Å². The lowest BCUT2D eigenvalue weighted by atomic mass is 10.2. The van der Waals surface area contributed by atoms with Crippen LogP contribution < -0.4 is 4.84 Å². The molecule has 2 aromatic rings. The second-order valence-electron chi connectivity index (χ2n) is 3.86. The number of benzene rings is 1. The van der Waals surface area contributed by atoms with Crippen LogP contribution in [0.25, 0.3) is 10.9 Å². The minimum atomic E-state index is 0.741. The molecule has 0 amide bonds. The summed E-state index contributed by atoms with van der Waals surface area (Å²) >= 11 is 0. The zero-order valence-corrected chi connectivity index (χ0v) is 8.98. The van der Waals surface area contributed by atoms with Crippen molar-refractivity contribution in [2.24, 2.45) is 0 Å². The summed E-state index contributed by atoms with van der Waals surface area (Å²) < 4.78 is 5.27. The molecule has 0 aliphatic carbocycles. The van der Waals surface area contributed by atoms with Crippen LogP contribution in [0.15, 0.2) is 30.5 Å². The Kier molecular flexibility index (Phi) is 2.52. The number of fused-ring (bicyclic) bond motifs is 1. The molecule has 1 saturated heterocycles. The molecule has 0 spiro atoms. The van der Waals surface area contributed by atoms with E-state index in [2.05, 4.69) is 11.1 Å². The van der Waals surface area contributed by atoms with E-state index in [1.165, 1.54) is 5.39 Å². The van der Waals surface area contributed by atoms with Crippen LogP contribution in [0.4, 0.5) is 0 Å². The smallest absolute Gasteiger partial charge is 0.149 e. The van der Waals surface area contributed by atoms with E-state index in [0.717, 1.165) is 37.6 Å². The van der Waals surface area contributed by atoms with Crippen LogP contribution >= 0.6 is 0 Å². The third kappa shape index (κ3) is 1.89. The van der Waals surface area contributed by atoms with Gasteiger partial charge < -0.3 is 14.6 Å². The molecule has 4 nitrogen and oxygen atoms in total. The average Bonchev–Trinajstić information content (AvgIpc) is 2.77. The summed E-state index contributed by atoms with van der Waals surface area (Å²) in [5.41, 5.74) is 1.10. The average molecular weight is 218 g/mol. The molecular weight excluding hydrogens is 204 g/mol. The molecule has 84 valence electrons. The van der Waals surface area contributed by atoms with Gasteiger partial charge in [0.2, 0.25) is 0 Å². The molecule has 1 aromatic carbocycles. The number of ether oxygens (including phenoxy) is 1. The fraction of sp³-hybridized carbons (Fsp3) is 0.333. The van der Waals surface area contributed by atoms with Gasteiger partial charge in [-0.3, -0.25) is 0 Å². The molecule has 3 rings (SSSR count). The maximum absolute atomic E-state index is 5.77. The highest BCUT2D eigenvalue weighted by molar-refractivity contribution is 5.80. The first-order valence-corrected chi connectivity index (χ1v) is 5.50. The van der Waals surface area contributed by atoms with Gasteiger partial charge in [0.05, 0.1) is 26.3 Å². The maximum atomic E-state index is 5.77. The quantitative estimate of drug-likeness (QED) is 0.835. The largest absolute Gasteiger partial charge is 0.406 e. The molecule has 0 bridgehead atoms. The van der Waals surface area contributed by atoms with E-state index < -0.39 is 0 Å². The standard InChI is InChI=1S/C12H14N2O2/c1-2-11(9-12-10(1)3-4-13-12)16-14-5-7-15-8-6-14/h1-4,9,13H,5-8H2.